The first kappa shape index (κ1) is 20.1. The molecule has 2 aromatic heterocycles. The fourth-order valence-electron chi connectivity index (χ4n) is 3.15. The predicted molar refractivity (Wildman–Crippen MR) is 101 cm³/mol. The van der Waals surface area contributed by atoms with E-state index in [-0.39, 0.29) is 13.0 Å². The Kier molecular flexibility index (Phi) is 5.10. The van der Waals surface area contributed by atoms with Crippen molar-refractivity contribution in [3.8, 4) is 11.3 Å². The molecule has 150 valence electrons. The van der Waals surface area contributed by atoms with Crippen molar-refractivity contribution in [2.75, 3.05) is 0 Å². The molecule has 3 rings (SSSR count). The predicted octanol–water partition coefficient (Wildman–Crippen LogP) is 3.97. The summed E-state index contributed by atoms with van der Waals surface area (Å²) in [5.74, 6) is 0. The molecular formula is C20H22F3N3O2. The van der Waals surface area contributed by atoms with Gasteiger partial charge in [-0.15, -0.1) is 0 Å². The summed E-state index contributed by atoms with van der Waals surface area (Å²) in [6, 6.07) is 10.7. The second-order valence-electron chi connectivity index (χ2n) is 7.39. The number of aryl methyl sites for hydroxylation is 2. The number of benzene rings is 1. The fraction of sp³-hybridized carbons (Fsp3) is 0.400. The Morgan fingerprint density at radius 3 is 2.50 bits per heavy atom. The van der Waals surface area contributed by atoms with E-state index >= 15 is 0 Å². The number of rotatable bonds is 5. The highest BCUT2D eigenvalue weighted by atomic mass is 19.4. The van der Waals surface area contributed by atoms with Crippen LogP contribution in [-0.4, -0.2) is 25.4 Å². The van der Waals surface area contributed by atoms with Gasteiger partial charge in [0.1, 0.15) is 0 Å². The van der Waals surface area contributed by atoms with E-state index in [0.29, 0.717) is 16.9 Å². The molecule has 0 radical (unpaired) electrons. The monoisotopic (exact) mass is 393 g/mol. The lowest BCUT2D eigenvalue weighted by atomic mass is 9.95. The number of halogens is 3. The van der Waals surface area contributed by atoms with Gasteiger partial charge in [0.25, 0.3) is 0 Å². The normalized spacial score (nSPS) is 12.7. The van der Waals surface area contributed by atoms with Gasteiger partial charge in [-0.1, -0.05) is 18.2 Å². The zero-order valence-corrected chi connectivity index (χ0v) is 15.9. The molecule has 0 saturated heterocycles. The Hall–Kier alpha value is -2.61. The van der Waals surface area contributed by atoms with E-state index in [4.69, 9.17) is 0 Å². The Morgan fingerprint density at radius 1 is 1.14 bits per heavy atom. The largest absolute Gasteiger partial charge is 0.389 e. The Bertz CT molecular complexity index is 1060. The van der Waals surface area contributed by atoms with E-state index < -0.39 is 23.9 Å². The van der Waals surface area contributed by atoms with E-state index in [2.05, 4.69) is 4.98 Å². The molecule has 1 N–H and O–H groups in total. The van der Waals surface area contributed by atoms with Gasteiger partial charge in [-0.25, -0.2) is 9.78 Å². The maximum atomic E-state index is 12.4. The van der Waals surface area contributed by atoms with E-state index in [1.165, 1.54) is 9.13 Å². The van der Waals surface area contributed by atoms with Crippen LogP contribution in [0.4, 0.5) is 13.2 Å². The number of pyridine rings is 1. The molecule has 5 nitrogen and oxygen atoms in total. The van der Waals surface area contributed by atoms with Crippen LogP contribution >= 0.6 is 0 Å². The average molecular weight is 393 g/mol. The summed E-state index contributed by atoms with van der Waals surface area (Å²) in [6.45, 7) is 3.35. The standard InChI is InChI=1S/C20H22F3N3O2/c1-19(2,28)14-7-4-6-13(12-14)15-8-9-16-17(24-15)25(3)18(27)26(16)11-5-10-20(21,22)23/h4,6-9,12,28H,5,10-11H2,1-3H3. The van der Waals surface area contributed by atoms with Gasteiger partial charge >= 0.3 is 11.9 Å². The quantitative estimate of drug-likeness (QED) is 0.714. The van der Waals surface area contributed by atoms with Gasteiger partial charge < -0.3 is 5.11 Å². The molecule has 28 heavy (non-hydrogen) atoms. The van der Waals surface area contributed by atoms with Crippen LogP contribution in [0.1, 0.15) is 32.3 Å². The van der Waals surface area contributed by atoms with Gasteiger partial charge in [-0.05, 0) is 44.0 Å². The Balaban J connectivity index is 1.99. The highest BCUT2D eigenvalue weighted by molar-refractivity contribution is 5.76. The smallest absolute Gasteiger partial charge is 0.386 e. The summed E-state index contributed by atoms with van der Waals surface area (Å²) in [5.41, 5.74) is 1.62. The molecule has 0 saturated carbocycles. The minimum Gasteiger partial charge on any atom is -0.386 e. The average Bonchev–Trinajstić information content (AvgIpc) is 2.84. The van der Waals surface area contributed by atoms with Crippen LogP contribution in [0.5, 0.6) is 0 Å². The van der Waals surface area contributed by atoms with Crippen LogP contribution in [-0.2, 0) is 19.2 Å². The SMILES string of the molecule is Cn1c(=O)n(CCCC(F)(F)F)c2ccc(-c3cccc(C(C)(C)O)c3)nc21. The minimum absolute atomic E-state index is 0.0229. The van der Waals surface area contributed by atoms with Crippen LogP contribution in [0, 0.1) is 0 Å². The number of alkyl halides is 3. The highest BCUT2D eigenvalue weighted by Gasteiger charge is 2.26. The van der Waals surface area contributed by atoms with Gasteiger partial charge in [-0.2, -0.15) is 13.2 Å². The molecule has 1 aromatic carbocycles. The summed E-state index contributed by atoms with van der Waals surface area (Å²) in [6.07, 6.45) is -5.35. The molecule has 0 spiro atoms. The van der Waals surface area contributed by atoms with Crippen molar-refractivity contribution in [2.45, 2.75) is 45.0 Å². The topological polar surface area (TPSA) is 60.0 Å². The summed E-state index contributed by atoms with van der Waals surface area (Å²) in [4.78, 5) is 17.0. The van der Waals surface area contributed by atoms with E-state index in [1.807, 2.05) is 24.3 Å². The minimum atomic E-state index is -4.24. The lowest BCUT2D eigenvalue weighted by molar-refractivity contribution is -0.135. The number of hydrogen-bond acceptors (Lipinski definition) is 3. The van der Waals surface area contributed by atoms with E-state index in [0.717, 1.165) is 11.1 Å². The molecular weight excluding hydrogens is 371 g/mol. The number of aliphatic hydroxyl groups is 1. The third kappa shape index (κ3) is 4.11. The van der Waals surface area contributed by atoms with Gasteiger partial charge in [0.05, 0.1) is 16.8 Å². The van der Waals surface area contributed by atoms with Gasteiger partial charge in [0.15, 0.2) is 5.65 Å². The molecule has 0 atom stereocenters. The molecule has 8 heteroatoms. The van der Waals surface area contributed by atoms with Crippen LogP contribution in [0.3, 0.4) is 0 Å². The van der Waals surface area contributed by atoms with E-state index in [1.54, 1.807) is 33.0 Å². The molecule has 0 unspecified atom stereocenters. The van der Waals surface area contributed by atoms with Crippen LogP contribution in [0.15, 0.2) is 41.2 Å². The van der Waals surface area contributed by atoms with Crippen LogP contribution in [0.2, 0.25) is 0 Å². The molecule has 0 bridgehead atoms. The number of imidazole rings is 1. The van der Waals surface area contributed by atoms with Crippen molar-refractivity contribution in [3.63, 3.8) is 0 Å². The zero-order chi connectivity index (χ0) is 20.7. The lowest BCUT2D eigenvalue weighted by Gasteiger charge is -2.18. The number of aromatic nitrogens is 3. The van der Waals surface area contributed by atoms with Crippen LogP contribution < -0.4 is 5.69 Å². The fourth-order valence-corrected chi connectivity index (χ4v) is 3.15. The first-order valence-corrected chi connectivity index (χ1v) is 8.94. The van der Waals surface area contributed by atoms with Crippen molar-refractivity contribution in [3.05, 3.63) is 52.4 Å². The number of hydrogen-bond donors (Lipinski definition) is 1. The van der Waals surface area contributed by atoms with Crippen molar-refractivity contribution in [2.24, 2.45) is 7.05 Å². The van der Waals surface area contributed by atoms with Gasteiger partial charge in [-0.3, -0.25) is 9.13 Å². The van der Waals surface area contributed by atoms with E-state index in [9.17, 15) is 23.1 Å². The Labute approximate surface area is 160 Å². The molecule has 0 amide bonds. The maximum absolute atomic E-state index is 12.4. The maximum Gasteiger partial charge on any atom is 0.389 e. The second kappa shape index (κ2) is 7.09. The summed E-state index contributed by atoms with van der Waals surface area (Å²) < 4.78 is 39.9. The molecule has 0 aliphatic carbocycles. The molecule has 2 heterocycles. The molecule has 0 fully saturated rings. The number of fused-ring (bicyclic) bond motifs is 1. The Morgan fingerprint density at radius 2 is 1.86 bits per heavy atom. The third-order valence-electron chi connectivity index (χ3n) is 4.69. The van der Waals surface area contributed by atoms with Gasteiger partial charge in [0.2, 0.25) is 0 Å². The zero-order valence-electron chi connectivity index (χ0n) is 15.9. The number of nitrogens with zero attached hydrogens (tertiary/aromatic N) is 3. The van der Waals surface area contributed by atoms with Crippen LogP contribution in [0.25, 0.3) is 22.4 Å². The van der Waals surface area contributed by atoms with Crippen molar-refractivity contribution >= 4 is 11.2 Å². The third-order valence-corrected chi connectivity index (χ3v) is 4.69. The highest BCUT2D eigenvalue weighted by Crippen LogP contribution is 2.27. The summed E-state index contributed by atoms with van der Waals surface area (Å²) in [5, 5.41) is 10.2. The summed E-state index contributed by atoms with van der Waals surface area (Å²) in [7, 11) is 1.55. The van der Waals surface area contributed by atoms with Crippen molar-refractivity contribution in [1.29, 1.82) is 0 Å². The summed E-state index contributed by atoms with van der Waals surface area (Å²) >= 11 is 0. The first-order valence-electron chi connectivity index (χ1n) is 8.94. The second-order valence-corrected chi connectivity index (χ2v) is 7.39. The van der Waals surface area contributed by atoms with Gasteiger partial charge in [0, 0.05) is 25.6 Å². The molecule has 0 aliphatic rings. The van der Waals surface area contributed by atoms with Crippen molar-refractivity contribution in [1.82, 2.24) is 14.1 Å². The lowest BCUT2D eigenvalue weighted by Crippen LogP contribution is -2.23. The molecule has 0 aliphatic heterocycles. The van der Waals surface area contributed by atoms with Crippen molar-refractivity contribution < 1.29 is 18.3 Å². The molecule has 3 aromatic rings. The first-order chi connectivity index (χ1) is 13.0.